The molecule has 1 nitrogen and oxygen atoms in total. The second kappa shape index (κ2) is 5.46. The van der Waals surface area contributed by atoms with Crippen LogP contribution in [0, 0.1) is 0 Å². The minimum absolute atomic E-state index is 0.165. The molecule has 1 saturated heterocycles. The molecule has 1 heterocycles. The summed E-state index contributed by atoms with van der Waals surface area (Å²) >= 11 is 1.10. The van der Waals surface area contributed by atoms with E-state index in [2.05, 4.69) is 32.9 Å². The van der Waals surface area contributed by atoms with Gasteiger partial charge in [0.1, 0.15) is 0 Å². The van der Waals surface area contributed by atoms with Crippen molar-refractivity contribution in [3.05, 3.63) is 35.9 Å². The van der Waals surface area contributed by atoms with Gasteiger partial charge in [0.2, 0.25) is 0 Å². The van der Waals surface area contributed by atoms with Gasteiger partial charge in [0.15, 0.2) is 0 Å². The van der Waals surface area contributed by atoms with Gasteiger partial charge >= 0.3 is 117 Å². The third-order valence-corrected chi connectivity index (χ3v) is 10.6. The van der Waals surface area contributed by atoms with Gasteiger partial charge in [-0.3, -0.25) is 0 Å². The van der Waals surface area contributed by atoms with Crippen molar-refractivity contribution < 1.29 is 5.11 Å². The predicted molar refractivity (Wildman–Crippen MR) is 74.7 cm³/mol. The van der Waals surface area contributed by atoms with E-state index in [1.807, 2.05) is 18.2 Å². The van der Waals surface area contributed by atoms with Gasteiger partial charge in [0.25, 0.3) is 0 Å². The maximum absolute atomic E-state index is 10.7. The molecule has 1 aliphatic heterocycles. The molecule has 0 radical (unpaired) electrons. The Kier molecular flexibility index (Phi) is 4.39. The van der Waals surface area contributed by atoms with Crippen LogP contribution in [0.3, 0.4) is 0 Å². The van der Waals surface area contributed by atoms with Gasteiger partial charge in [-0.05, 0) is 0 Å². The molecule has 3 heteroatoms. The van der Waals surface area contributed by atoms with Crippen LogP contribution in [0.25, 0.3) is 0 Å². The summed E-state index contributed by atoms with van der Waals surface area (Å²) in [7, 11) is 0. The molecule has 1 N–H and O–H groups in total. The number of rotatable bonds is 2. The molecule has 0 saturated carbocycles. The fourth-order valence-electron chi connectivity index (χ4n) is 2.46. The maximum atomic E-state index is 10.7. The van der Waals surface area contributed by atoms with E-state index in [4.69, 9.17) is 0 Å². The third kappa shape index (κ3) is 3.16. The zero-order chi connectivity index (χ0) is 12.5. The van der Waals surface area contributed by atoms with Gasteiger partial charge in [-0.15, -0.1) is 0 Å². The Labute approximate surface area is 117 Å². The first-order valence-corrected chi connectivity index (χ1v) is 9.79. The zero-order valence-corrected chi connectivity index (χ0v) is 14.0. The molecular formula is C14H20OSe2. The molecule has 1 fully saturated rings. The molecule has 1 aromatic carbocycles. The molecule has 2 unspecified atom stereocenters. The fraction of sp³-hybridized carbons (Fsp3) is 0.571. The topological polar surface area (TPSA) is 20.2 Å². The summed E-state index contributed by atoms with van der Waals surface area (Å²) in [5.41, 5.74) is 1.10. The standard InChI is InChI=1S/C14H20OSe2/c1-10-9-11(2)17-14(3,16-10)13(15)12-7-5-4-6-8-12/h4-8,10-11,13,15H,9H2,1-3H3/t10-,11+,13?,14?. The molecule has 4 atom stereocenters. The van der Waals surface area contributed by atoms with Gasteiger partial charge in [0.05, 0.1) is 0 Å². The SMILES string of the molecule is C[C@@H]1C[C@H](C)[Se]C(C)(C(O)c2ccccc2)[Se]1. The first-order chi connectivity index (χ1) is 8.01. The molecule has 17 heavy (non-hydrogen) atoms. The summed E-state index contributed by atoms with van der Waals surface area (Å²) in [5.74, 6) is 0. The van der Waals surface area contributed by atoms with Crippen molar-refractivity contribution in [1.29, 1.82) is 0 Å². The van der Waals surface area contributed by atoms with Crippen molar-refractivity contribution in [3.63, 3.8) is 0 Å². The number of hydrogen-bond donors (Lipinski definition) is 1. The van der Waals surface area contributed by atoms with Gasteiger partial charge in [-0.1, -0.05) is 0 Å². The van der Waals surface area contributed by atoms with Crippen molar-refractivity contribution >= 4 is 29.9 Å². The van der Waals surface area contributed by atoms with Gasteiger partial charge in [0, 0.05) is 0 Å². The van der Waals surface area contributed by atoms with Crippen LogP contribution in [-0.2, 0) is 0 Å². The molecule has 0 aromatic heterocycles. The summed E-state index contributed by atoms with van der Waals surface area (Å²) in [4.78, 5) is 1.60. The van der Waals surface area contributed by atoms with Crippen molar-refractivity contribution in [2.24, 2.45) is 0 Å². The Hall–Kier alpha value is 0.219. The van der Waals surface area contributed by atoms with E-state index < -0.39 is 0 Å². The summed E-state index contributed by atoms with van der Waals surface area (Å²) < 4.78 is 0.165. The Morgan fingerprint density at radius 2 is 1.71 bits per heavy atom. The van der Waals surface area contributed by atoms with E-state index >= 15 is 0 Å². The monoisotopic (exact) mass is 364 g/mol. The molecule has 2 rings (SSSR count). The zero-order valence-electron chi connectivity index (χ0n) is 10.6. The fourth-order valence-corrected chi connectivity index (χ4v) is 13.5. The molecule has 0 aliphatic carbocycles. The van der Waals surface area contributed by atoms with E-state index in [9.17, 15) is 5.11 Å². The first kappa shape index (κ1) is 13.6. The average Bonchev–Trinajstić information content (AvgIpc) is 2.27. The van der Waals surface area contributed by atoms with E-state index in [-0.39, 0.29) is 9.32 Å². The van der Waals surface area contributed by atoms with Crippen molar-refractivity contribution in [2.45, 2.75) is 46.1 Å². The molecule has 1 aromatic rings. The second-order valence-corrected chi connectivity index (χ2v) is 14.2. The van der Waals surface area contributed by atoms with Crippen LogP contribution in [0.1, 0.15) is 38.9 Å². The van der Waals surface area contributed by atoms with Crippen molar-refractivity contribution in [2.75, 3.05) is 0 Å². The van der Waals surface area contributed by atoms with Crippen LogP contribution in [0.15, 0.2) is 30.3 Å². The van der Waals surface area contributed by atoms with Crippen LogP contribution in [0.5, 0.6) is 0 Å². The molecule has 1 aliphatic rings. The molecule has 0 amide bonds. The van der Waals surface area contributed by atoms with E-state index in [0.717, 1.165) is 15.2 Å². The van der Waals surface area contributed by atoms with Crippen LogP contribution < -0.4 is 0 Å². The normalized spacial score (nSPS) is 35.5. The van der Waals surface area contributed by atoms with Crippen molar-refractivity contribution in [3.8, 4) is 0 Å². The van der Waals surface area contributed by atoms with Gasteiger partial charge in [-0.2, -0.15) is 0 Å². The quantitative estimate of drug-likeness (QED) is 0.801. The Balaban J connectivity index is 2.20. The van der Waals surface area contributed by atoms with Crippen LogP contribution >= 0.6 is 0 Å². The van der Waals surface area contributed by atoms with Gasteiger partial charge in [-0.25, -0.2) is 0 Å². The van der Waals surface area contributed by atoms with E-state index in [0.29, 0.717) is 29.9 Å². The molecular weight excluding hydrogens is 342 g/mol. The number of aliphatic hydroxyl groups is 1. The Bertz CT molecular complexity index is 356. The molecule has 0 bridgehead atoms. The number of benzene rings is 1. The number of hydrogen-bond acceptors (Lipinski definition) is 1. The van der Waals surface area contributed by atoms with Crippen molar-refractivity contribution in [1.82, 2.24) is 0 Å². The van der Waals surface area contributed by atoms with E-state index in [1.54, 1.807) is 0 Å². The second-order valence-electron chi connectivity index (χ2n) is 4.92. The first-order valence-electron chi connectivity index (χ1n) is 6.10. The number of aliphatic hydroxyl groups excluding tert-OH is 1. The summed E-state index contributed by atoms with van der Waals surface area (Å²) in [6, 6.07) is 10.2. The Morgan fingerprint density at radius 3 is 2.24 bits per heavy atom. The van der Waals surface area contributed by atoms with Crippen LogP contribution in [0.4, 0.5) is 0 Å². The average molecular weight is 362 g/mol. The van der Waals surface area contributed by atoms with Crippen LogP contribution in [0.2, 0.25) is 12.8 Å². The summed E-state index contributed by atoms with van der Waals surface area (Å²) in [6.45, 7) is 7.00. The molecule has 0 spiro atoms. The minimum atomic E-state index is -0.270. The third-order valence-electron chi connectivity index (χ3n) is 3.15. The van der Waals surface area contributed by atoms with Gasteiger partial charge < -0.3 is 0 Å². The van der Waals surface area contributed by atoms with E-state index in [1.165, 1.54) is 6.42 Å². The predicted octanol–water partition coefficient (Wildman–Crippen LogP) is 3.29. The Morgan fingerprint density at radius 1 is 1.18 bits per heavy atom. The summed E-state index contributed by atoms with van der Waals surface area (Å²) in [6.07, 6.45) is 1.09. The summed E-state index contributed by atoms with van der Waals surface area (Å²) in [5, 5.41) is 10.7. The molecule has 94 valence electrons. The van der Waals surface area contributed by atoms with Crippen LogP contribution in [-0.4, -0.2) is 35.0 Å².